The molecule has 1 heterocycles. The van der Waals surface area contributed by atoms with Crippen molar-refractivity contribution in [2.45, 2.75) is 6.92 Å². The van der Waals surface area contributed by atoms with Crippen molar-refractivity contribution in [3.63, 3.8) is 0 Å². The zero-order valence-corrected chi connectivity index (χ0v) is 11.1. The quantitative estimate of drug-likeness (QED) is 0.596. The summed E-state index contributed by atoms with van der Waals surface area (Å²) in [4.78, 5) is 13.2. The van der Waals surface area contributed by atoms with E-state index in [9.17, 15) is 4.79 Å². The second kappa shape index (κ2) is 4.45. The zero-order chi connectivity index (χ0) is 10.8. The first-order chi connectivity index (χ1) is 7.18. The minimum Gasteiger partial charge on any atom is -0.294 e. The lowest BCUT2D eigenvalue weighted by atomic mass is 10.2. The third-order valence-corrected chi connectivity index (χ3v) is 4.25. The van der Waals surface area contributed by atoms with Gasteiger partial charge in [0.05, 0.1) is 4.88 Å². The van der Waals surface area contributed by atoms with E-state index in [1.54, 1.807) is 18.3 Å². The van der Waals surface area contributed by atoms with Crippen LogP contribution < -0.4 is 0 Å². The van der Waals surface area contributed by atoms with Crippen molar-refractivity contribution in [2.24, 2.45) is 0 Å². The van der Waals surface area contributed by atoms with Crippen LogP contribution in [0.1, 0.15) is 16.6 Å². The highest BCUT2D eigenvalue weighted by atomic mass is 127. The molecule has 3 heteroatoms. The largest absolute Gasteiger partial charge is 0.294 e. The summed E-state index contributed by atoms with van der Waals surface area (Å²) in [6.45, 7) is 1.60. The van der Waals surface area contributed by atoms with E-state index < -0.39 is 0 Å². The summed E-state index contributed by atoms with van der Waals surface area (Å²) in [5.41, 5.74) is 1.20. The summed E-state index contributed by atoms with van der Waals surface area (Å²) in [6.07, 6.45) is 0. The predicted octanol–water partition coefficient (Wildman–Crippen LogP) is 4.22. The minimum atomic E-state index is 0.136. The van der Waals surface area contributed by atoms with Crippen molar-refractivity contribution in [3.8, 4) is 10.4 Å². The smallest absolute Gasteiger partial charge is 0.169 e. The molecule has 15 heavy (non-hydrogen) atoms. The molecular weight excluding hydrogens is 319 g/mol. The molecule has 0 amide bonds. The van der Waals surface area contributed by atoms with E-state index in [4.69, 9.17) is 0 Å². The fourth-order valence-electron chi connectivity index (χ4n) is 1.33. The third kappa shape index (κ3) is 2.29. The summed E-state index contributed by atoms with van der Waals surface area (Å²) in [7, 11) is 0. The Labute approximate surface area is 106 Å². The van der Waals surface area contributed by atoms with Crippen LogP contribution in [0.4, 0.5) is 0 Å². The molecule has 0 N–H and O–H groups in total. The lowest BCUT2D eigenvalue weighted by Gasteiger charge is -1.99. The zero-order valence-electron chi connectivity index (χ0n) is 8.16. The molecule has 1 aromatic heterocycles. The van der Waals surface area contributed by atoms with Gasteiger partial charge in [0.15, 0.2) is 5.78 Å². The Balaban J connectivity index is 2.46. The Kier molecular flexibility index (Phi) is 3.21. The summed E-state index contributed by atoms with van der Waals surface area (Å²) >= 11 is 3.87. The lowest BCUT2D eigenvalue weighted by molar-refractivity contribution is 0.102. The van der Waals surface area contributed by atoms with Gasteiger partial charge in [0.1, 0.15) is 0 Å². The van der Waals surface area contributed by atoms with Crippen molar-refractivity contribution < 1.29 is 4.79 Å². The van der Waals surface area contributed by atoms with Gasteiger partial charge in [-0.15, -0.1) is 11.3 Å². The highest BCUT2D eigenvalue weighted by molar-refractivity contribution is 14.1. The van der Waals surface area contributed by atoms with Crippen molar-refractivity contribution in [1.82, 2.24) is 0 Å². The van der Waals surface area contributed by atoms with Crippen LogP contribution >= 0.6 is 33.9 Å². The summed E-state index contributed by atoms with van der Waals surface area (Å²) in [6, 6.07) is 12.1. The fraction of sp³-hybridized carbons (Fsp3) is 0.0833. The second-order valence-electron chi connectivity index (χ2n) is 3.20. The number of benzene rings is 1. The molecule has 2 aromatic rings. The number of halogens is 1. The second-order valence-corrected chi connectivity index (χ2v) is 5.45. The summed E-state index contributed by atoms with van der Waals surface area (Å²) in [5, 5.41) is 0. The van der Waals surface area contributed by atoms with Gasteiger partial charge >= 0.3 is 0 Å². The van der Waals surface area contributed by atoms with Crippen molar-refractivity contribution in [3.05, 3.63) is 44.8 Å². The molecule has 0 spiro atoms. The number of hydrogen-bond donors (Lipinski definition) is 0. The average Bonchev–Trinajstić information content (AvgIpc) is 2.67. The Morgan fingerprint density at radius 3 is 2.53 bits per heavy atom. The highest BCUT2D eigenvalue weighted by Gasteiger charge is 2.07. The van der Waals surface area contributed by atoms with E-state index in [1.807, 2.05) is 24.3 Å². The lowest BCUT2D eigenvalue weighted by Crippen LogP contribution is -1.83. The summed E-state index contributed by atoms with van der Waals surface area (Å²) in [5.74, 6) is 0.136. The minimum absolute atomic E-state index is 0.136. The Hall–Kier alpha value is -0.680. The number of thiophene rings is 1. The number of hydrogen-bond acceptors (Lipinski definition) is 2. The van der Waals surface area contributed by atoms with Gasteiger partial charge in [-0.3, -0.25) is 4.79 Å². The van der Waals surface area contributed by atoms with Crippen LogP contribution in [-0.4, -0.2) is 5.78 Å². The highest BCUT2D eigenvalue weighted by Crippen LogP contribution is 2.31. The molecular formula is C12H9IOS. The van der Waals surface area contributed by atoms with Crippen LogP contribution in [-0.2, 0) is 0 Å². The number of ketones is 1. The normalized spacial score (nSPS) is 10.3. The maximum atomic E-state index is 11.2. The number of rotatable bonds is 2. The van der Waals surface area contributed by atoms with Gasteiger partial charge < -0.3 is 0 Å². The Bertz CT molecular complexity index is 502. The molecule has 76 valence electrons. The molecule has 0 radical (unpaired) electrons. The molecule has 0 fully saturated rings. The van der Waals surface area contributed by atoms with E-state index in [-0.39, 0.29) is 5.78 Å². The topological polar surface area (TPSA) is 17.1 Å². The number of carbonyl (C=O) groups is 1. The predicted molar refractivity (Wildman–Crippen MR) is 72.5 cm³/mol. The molecule has 0 aliphatic carbocycles. The maximum absolute atomic E-state index is 11.2. The summed E-state index contributed by atoms with van der Waals surface area (Å²) < 4.78 is 1.21. The third-order valence-electron chi connectivity index (χ3n) is 2.09. The first-order valence-electron chi connectivity index (χ1n) is 4.54. The van der Waals surface area contributed by atoms with Crippen LogP contribution in [0.25, 0.3) is 10.4 Å². The molecule has 1 nitrogen and oxygen atoms in total. The first-order valence-corrected chi connectivity index (χ1v) is 6.43. The SMILES string of the molecule is CC(=O)c1ccc(-c2ccccc2I)s1. The molecule has 0 saturated carbocycles. The molecule has 0 bridgehead atoms. The van der Waals surface area contributed by atoms with E-state index in [2.05, 4.69) is 34.7 Å². The van der Waals surface area contributed by atoms with E-state index >= 15 is 0 Å². The van der Waals surface area contributed by atoms with Gasteiger partial charge in [0.25, 0.3) is 0 Å². The molecule has 0 aliphatic heterocycles. The van der Waals surface area contributed by atoms with Gasteiger partial charge in [-0.2, -0.15) is 0 Å². The van der Waals surface area contributed by atoms with Crippen LogP contribution in [0.5, 0.6) is 0 Å². The number of Topliss-reactive ketones (excluding diaryl/α,β-unsaturated/α-hetero) is 1. The monoisotopic (exact) mass is 328 g/mol. The van der Waals surface area contributed by atoms with Gasteiger partial charge in [-0.25, -0.2) is 0 Å². The van der Waals surface area contributed by atoms with Gasteiger partial charge in [0.2, 0.25) is 0 Å². The molecule has 0 saturated heterocycles. The molecule has 0 unspecified atom stereocenters. The first kappa shape index (κ1) is 10.8. The van der Waals surface area contributed by atoms with Crippen LogP contribution in [0, 0.1) is 3.57 Å². The fourth-order valence-corrected chi connectivity index (χ4v) is 3.13. The van der Waals surface area contributed by atoms with Crippen LogP contribution in [0.15, 0.2) is 36.4 Å². The van der Waals surface area contributed by atoms with Gasteiger partial charge in [-0.05, 0) is 47.7 Å². The molecule has 2 rings (SSSR count). The van der Waals surface area contributed by atoms with Gasteiger partial charge in [0, 0.05) is 14.0 Å². The van der Waals surface area contributed by atoms with E-state index in [0.29, 0.717) is 0 Å². The Morgan fingerprint density at radius 2 is 1.93 bits per heavy atom. The van der Waals surface area contributed by atoms with E-state index in [1.165, 1.54) is 9.13 Å². The molecule has 0 aliphatic rings. The standard InChI is InChI=1S/C12H9IOS/c1-8(14)11-6-7-12(15-11)9-4-2-3-5-10(9)13/h2-7H,1H3. The van der Waals surface area contributed by atoms with Crippen molar-refractivity contribution >= 4 is 39.7 Å². The average molecular weight is 328 g/mol. The van der Waals surface area contributed by atoms with Gasteiger partial charge in [-0.1, -0.05) is 18.2 Å². The Morgan fingerprint density at radius 1 is 1.20 bits per heavy atom. The van der Waals surface area contributed by atoms with Crippen LogP contribution in [0.3, 0.4) is 0 Å². The van der Waals surface area contributed by atoms with Crippen LogP contribution in [0.2, 0.25) is 0 Å². The number of carbonyl (C=O) groups excluding carboxylic acids is 1. The maximum Gasteiger partial charge on any atom is 0.169 e. The van der Waals surface area contributed by atoms with Crippen molar-refractivity contribution in [2.75, 3.05) is 0 Å². The molecule has 1 aromatic carbocycles. The molecule has 0 atom stereocenters. The van der Waals surface area contributed by atoms with Crippen molar-refractivity contribution in [1.29, 1.82) is 0 Å². The van der Waals surface area contributed by atoms with E-state index in [0.717, 1.165) is 9.75 Å².